The van der Waals surface area contributed by atoms with Gasteiger partial charge >= 0.3 is 6.09 Å². The molecule has 0 bridgehead atoms. The van der Waals surface area contributed by atoms with Gasteiger partial charge < -0.3 is 26.0 Å². The number of anilines is 1. The fraction of sp³-hybridized carbons (Fsp3) is 0.200. The molecule has 4 amide bonds. The van der Waals surface area contributed by atoms with E-state index in [1.807, 2.05) is 18.2 Å². The minimum absolute atomic E-state index is 0.0751. The van der Waals surface area contributed by atoms with Crippen LogP contribution in [0.2, 0.25) is 5.02 Å². The third-order valence-electron chi connectivity index (χ3n) is 3.70. The minimum atomic E-state index is -0.756. The maximum Gasteiger partial charge on any atom is 0.407 e. The molecule has 0 spiro atoms. The summed E-state index contributed by atoms with van der Waals surface area (Å²) >= 11 is 9.13. The molecule has 0 aromatic heterocycles. The highest BCUT2D eigenvalue weighted by Crippen LogP contribution is 2.25. The summed E-state index contributed by atoms with van der Waals surface area (Å²) in [5.74, 6) is -1.59. The van der Waals surface area contributed by atoms with E-state index in [1.165, 1.54) is 0 Å². The van der Waals surface area contributed by atoms with Crippen molar-refractivity contribution in [3.05, 3.63) is 63.6 Å². The Morgan fingerprint density at radius 2 is 1.45 bits per heavy atom. The van der Waals surface area contributed by atoms with Crippen LogP contribution in [0.1, 0.15) is 5.56 Å². The molecule has 2 aromatic rings. The molecule has 31 heavy (non-hydrogen) atoms. The van der Waals surface area contributed by atoms with E-state index in [0.29, 0.717) is 15.2 Å². The van der Waals surface area contributed by atoms with Crippen LogP contribution in [0, 0.1) is 0 Å². The molecule has 164 valence electrons. The van der Waals surface area contributed by atoms with Crippen molar-refractivity contribution in [2.75, 3.05) is 25.0 Å². The lowest BCUT2D eigenvalue weighted by Gasteiger charge is -2.09. The summed E-state index contributed by atoms with van der Waals surface area (Å²) < 4.78 is 5.59. The van der Waals surface area contributed by atoms with Crippen molar-refractivity contribution in [3.63, 3.8) is 0 Å². The van der Waals surface area contributed by atoms with E-state index in [1.54, 1.807) is 30.3 Å². The van der Waals surface area contributed by atoms with Crippen LogP contribution in [-0.4, -0.2) is 43.4 Å². The minimum Gasteiger partial charge on any atom is -0.445 e. The van der Waals surface area contributed by atoms with E-state index in [9.17, 15) is 19.2 Å². The summed E-state index contributed by atoms with van der Waals surface area (Å²) in [6.07, 6.45) is -0.756. The van der Waals surface area contributed by atoms with Gasteiger partial charge in [-0.15, -0.1) is 0 Å². The number of benzene rings is 2. The third-order valence-corrected chi connectivity index (χ3v) is 4.92. The zero-order valence-electron chi connectivity index (χ0n) is 16.2. The van der Waals surface area contributed by atoms with Crippen molar-refractivity contribution in [2.45, 2.75) is 6.61 Å². The molecule has 0 unspecified atom stereocenters. The second kappa shape index (κ2) is 12.6. The molecule has 11 heteroatoms. The normalized spacial score (nSPS) is 10.0. The van der Waals surface area contributed by atoms with Crippen molar-refractivity contribution in [3.8, 4) is 0 Å². The lowest BCUT2D eigenvalue weighted by molar-refractivity contribution is -0.126. The predicted molar refractivity (Wildman–Crippen MR) is 118 cm³/mol. The Hall–Kier alpha value is -3.11. The molecular weight excluding hydrogens is 492 g/mol. The summed E-state index contributed by atoms with van der Waals surface area (Å²) in [5, 5.41) is 10.1. The lowest BCUT2D eigenvalue weighted by atomic mass is 10.2. The average Bonchev–Trinajstić information content (AvgIpc) is 2.76. The molecule has 4 N–H and O–H groups in total. The van der Waals surface area contributed by atoms with E-state index in [0.717, 1.165) is 5.56 Å². The Labute approximate surface area is 192 Å². The number of hydrogen-bond donors (Lipinski definition) is 4. The van der Waals surface area contributed by atoms with Crippen molar-refractivity contribution < 1.29 is 23.9 Å². The first-order valence-corrected chi connectivity index (χ1v) is 10.2. The summed E-state index contributed by atoms with van der Waals surface area (Å²) in [6.45, 7) is -0.906. The number of nitrogens with one attached hydrogen (secondary N) is 4. The van der Waals surface area contributed by atoms with Crippen LogP contribution in [0.4, 0.5) is 10.5 Å². The molecule has 0 saturated carbocycles. The fourth-order valence-electron chi connectivity index (χ4n) is 2.19. The van der Waals surface area contributed by atoms with Crippen molar-refractivity contribution in [1.82, 2.24) is 16.0 Å². The second-order valence-electron chi connectivity index (χ2n) is 6.15. The van der Waals surface area contributed by atoms with Crippen LogP contribution in [0.15, 0.2) is 53.0 Å². The fourth-order valence-corrected chi connectivity index (χ4v) is 2.68. The highest BCUT2D eigenvalue weighted by Gasteiger charge is 2.10. The molecular formula is C20H20BrClN4O5. The van der Waals surface area contributed by atoms with Gasteiger partial charge in [-0.2, -0.15) is 0 Å². The van der Waals surface area contributed by atoms with Gasteiger partial charge in [0, 0.05) is 10.2 Å². The molecule has 0 fully saturated rings. The summed E-state index contributed by atoms with van der Waals surface area (Å²) in [4.78, 5) is 46.9. The predicted octanol–water partition coefficient (Wildman–Crippen LogP) is 2.20. The van der Waals surface area contributed by atoms with E-state index in [2.05, 4.69) is 37.2 Å². The first-order valence-electron chi connectivity index (χ1n) is 9.06. The van der Waals surface area contributed by atoms with Gasteiger partial charge in [0.25, 0.3) is 0 Å². The first kappa shape index (κ1) is 24.2. The van der Waals surface area contributed by atoms with Crippen LogP contribution in [0.25, 0.3) is 0 Å². The number of amides is 4. The van der Waals surface area contributed by atoms with Crippen molar-refractivity contribution in [1.29, 1.82) is 0 Å². The van der Waals surface area contributed by atoms with E-state index in [-0.39, 0.29) is 26.2 Å². The summed E-state index contributed by atoms with van der Waals surface area (Å²) in [5.41, 5.74) is 1.32. The second-order valence-corrected chi connectivity index (χ2v) is 7.41. The molecule has 9 nitrogen and oxygen atoms in total. The monoisotopic (exact) mass is 510 g/mol. The average molecular weight is 512 g/mol. The maximum absolute atomic E-state index is 11.9. The highest BCUT2D eigenvalue weighted by atomic mass is 79.9. The van der Waals surface area contributed by atoms with Crippen LogP contribution in [0.3, 0.4) is 0 Å². The van der Waals surface area contributed by atoms with Crippen molar-refractivity contribution in [2.24, 2.45) is 0 Å². The standard InChI is InChI=1S/C20H20BrClN4O5/c21-15-8-14(6-7-16(15)22)26-19(29)11-24-17(27)9-23-18(28)10-25-20(30)31-12-13-4-2-1-3-5-13/h1-8H,9-12H2,(H,23,28)(H,24,27)(H,25,30)(H,26,29). The molecule has 0 heterocycles. The summed E-state index contributed by atoms with van der Waals surface area (Å²) in [6, 6.07) is 13.9. The molecule has 0 saturated heterocycles. The number of alkyl carbamates (subject to hydrolysis) is 1. The third kappa shape index (κ3) is 9.49. The van der Waals surface area contributed by atoms with Crippen LogP contribution < -0.4 is 21.3 Å². The van der Waals surface area contributed by atoms with Gasteiger partial charge in [0.1, 0.15) is 13.2 Å². The largest absolute Gasteiger partial charge is 0.445 e. The number of hydrogen-bond acceptors (Lipinski definition) is 5. The van der Waals surface area contributed by atoms with E-state index < -0.39 is 23.8 Å². The Morgan fingerprint density at radius 3 is 2.10 bits per heavy atom. The van der Waals surface area contributed by atoms with Gasteiger partial charge in [-0.05, 0) is 39.7 Å². The van der Waals surface area contributed by atoms with Crippen LogP contribution in [-0.2, 0) is 25.7 Å². The quantitative estimate of drug-likeness (QED) is 0.411. The molecule has 0 aliphatic carbocycles. The van der Waals surface area contributed by atoms with Gasteiger partial charge in [0.15, 0.2) is 0 Å². The summed E-state index contributed by atoms with van der Waals surface area (Å²) in [7, 11) is 0. The highest BCUT2D eigenvalue weighted by molar-refractivity contribution is 9.10. The maximum atomic E-state index is 11.9. The van der Waals surface area contributed by atoms with Gasteiger partial charge in [0.05, 0.1) is 18.1 Å². The molecule has 0 radical (unpaired) electrons. The molecule has 2 aromatic carbocycles. The lowest BCUT2D eigenvalue weighted by Crippen LogP contribution is -2.43. The van der Waals surface area contributed by atoms with E-state index >= 15 is 0 Å². The van der Waals surface area contributed by atoms with E-state index in [4.69, 9.17) is 16.3 Å². The Balaban J connectivity index is 1.58. The molecule has 0 aliphatic heterocycles. The van der Waals surface area contributed by atoms with Gasteiger partial charge in [0.2, 0.25) is 17.7 Å². The zero-order chi connectivity index (χ0) is 22.6. The smallest absolute Gasteiger partial charge is 0.407 e. The van der Waals surface area contributed by atoms with Crippen LogP contribution in [0.5, 0.6) is 0 Å². The molecule has 2 rings (SSSR count). The molecule has 0 aliphatic rings. The number of carbonyl (C=O) groups excluding carboxylic acids is 4. The van der Waals surface area contributed by atoms with Gasteiger partial charge in [-0.25, -0.2) is 4.79 Å². The zero-order valence-corrected chi connectivity index (χ0v) is 18.6. The van der Waals surface area contributed by atoms with Gasteiger partial charge in [-0.3, -0.25) is 14.4 Å². The molecule has 0 atom stereocenters. The SMILES string of the molecule is O=C(CNC(=O)CNC(=O)OCc1ccccc1)NCC(=O)Nc1ccc(Cl)c(Br)c1. The number of halogens is 2. The Bertz CT molecular complexity index is 942. The number of carbonyl (C=O) groups is 4. The Morgan fingerprint density at radius 1 is 0.839 bits per heavy atom. The van der Waals surface area contributed by atoms with Crippen molar-refractivity contribution >= 4 is 57.0 Å². The number of ether oxygens (including phenoxy) is 1. The number of rotatable bonds is 9. The van der Waals surface area contributed by atoms with Crippen LogP contribution >= 0.6 is 27.5 Å². The topological polar surface area (TPSA) is 126 Å². The van der Waals surface area contributed by atoms with Gasteiger partial charge in [-0.1, -0.05) is 41.9 Å². The Kier molecular flexibility index (Phi) is 9.79. The first-order chi connectivity index (χ1) is 14.8.